The van der Waals surface area contributed by atoms with Crippen LogP contribution in [-0.2, 0) is 4.79 Å². The van der Waals surface area contributed by atoms with E-state index in [9.17, 15) is 4.79 Å². The van der Waals surface area contributed by atoms with Crippen molar-refractivity contribution in [3.05, 3.63) is 35.9 Å². The van der Waals surface area contributed by atoms with E-state index in [1.165, 1.54) is 43.4 Å². The van der Waals surface area contributed by atoms with Crippen LogP contribution in [0.3, 0.4) is 0 Å². The molecule has 0 aliphatic carbocycles. The third kappa shape index (κ3) is 8.77. The van der Waals surface area contributed by atoms with Crippen LogP contribution in [0.5, 0.6) is 0 Å². The highest BCUT2D eigenvalue weighted by Crippen LogP contribution is 2.15. The lowest BCUT2D eigenvalue weighted by Crippen LogP contribution is -1.92. The third-order valence-corrected chi connectivity index (χ3v) is 4.35. The molecule has 0 spiro atoms. The first-order valence-electron chi connectivity index (χ1n) is 8.11. The van der Waals surface area contributed by atoms with Crippen LogP contribution in [0.15, 0.2) is 35.2 Å². The van der Waals surface area contributed by atoms with Crippen LogP contribution in [0.4, 0.5) is 0 Å². The zero-order valence-electron chi connectivity index (χ0n) is 13.4. The van der Waals surface area contributed by atoms with E-state index in [0.29, 0.717) is 6.42 Å². The first-order chi connectivity index (χ1) is 10.3. The van der Waals surface area contributed by atoms with Gasteiger partial charge in [0.25, 0.3) is 0 Å². The summed E-state index contributed by atoms with van der Waals surface area (Å²) in [7, 11) is 0. The van der Waals surface area contributed by atoms with Gasteiger partial charge in [-0.1, -0.05) is 63.7 Å². The molecule has 0 N–H and O–H groups in total. The Hall–Kier alpha value is -1.02. The summed E-state index contributed by atoms with van der Waals surface area (Å²) in [6, 6.07) is 8.29. The Morgan fingerprint density at radius 1 is 1.00 bits per heavy atom. The maximum Gasteiger partial charge on any atom is 0.155 e. The highest BCUT2D eigenvalue weighted by atomic mass is 32.2. The van der Waals surface area contributed by atoms with Crippen molar-refractivity contribution in [2.45, 2.75) is 63.2 Å². The number of allylic oxidation sites excluding steroid dienone is 1. The number of unbranched alkanes of at least 4 members (excludes halogenated alkanes) is 6. The van der Waals surface area contributed by atoms with E-state index in [1.54, 1.807) is 17.8 Å². The van der Waals surface area contributed by atoms with Gasteiger partial charge in [-0.15, -0.1) is 11.8 Å². The number of rotatable bonds is 11. The molecule has 2 heteroatoms. The molecule has 0 radical (unpaired) electrons. The van der Waals surface area contributed by atoms with Gasteiger partial charge in [-0.3, -0.25) is 4.79 Å². The fraction of sp³-hybridized carbons (Fsp3) is 0.526. The molecule has 0 atom stereocenters. The normalized spacial score (nSPS) is 11.1. The van der Waals surface area contributed by atoms with Gasteiger partial charge in [0.15, 0.2) is 5.78 Å². The molecule has 0 fully saturated rings. The third-order valence-electron chi connectivity index (χ3n) is 3.60. The molecule has 0 bridgehead atoms. The molecule has 0 amide bonds. The number of thioether (sulfide) groups is 1. The van der Waals surface area contributed by atoms with Crippen molar-refractivity contribution >= 4 is 23.6 Å². The van der Waals surface area contributed by atoms with Gasteiger partial charge >= 0.3 is 0 Å². The standard InChI is InChI=1S/C19H28OS/c1-3-4-5-6-7-8-9-10-18(20)14-11-17-12-15-19(21-2)16-13-17/h11-16H,3-10H2,1-2H3/b14-11+. The highest BCUT2D eigenvalue weighted by molar-refractivity contribution is 7.98. The van der Waals surface area contributed by atoms with Crippen molar-refractivity contribution in [3.8, 4) is 0 Å². The minimum Gasteiger partial charge on any atom is -0.295 e. The van der Waals surface area contributed by atoms with Gasteiger partial charge in [0, 0.05) is 11.3 Å². The first kappa shape index (κ1) is 18.0. The van der Waals surface area contributed by atoms with Crippen molar-refractivity contribution in [2.24, 2.45) is 0 Å². The lowest BCUT2D eigenvalue weighted by atomic mass is 10.1. The quantitative estimate of drug-likeness (QED) is 0.278. The van der Waals surface area contributed by atoms with Crippen molar-refractivity contribution in [2.75, 3.05) is 6.26 Å². The molecule has 1 rings (SSSR count). The molecule has 0 aromatic heterocycles. The Bertz CT molecular complexity index is 420. The summed E-state index contributed by atoms with van der Waals surface area (Å²) in [4.78, 5) is 13.0. The molecule has 0 aliphatic rings. The van der Waals surface area contributed by atoms with Gasteiger partial charge < -0.3 is 0 Å². The van der Waals surface area contributed by atoms with Crippen molar-refractivity contribution in [1.29, 1.82) is 0 Å². The highest BCUT2D eigenvalue weighted by Gasteiger charge is 1.97. The predicted octanol–water partition coefficient (Wildman–Crippen LogP) is 6.13. The molecular formula is C19H28OS. The predicted molar refractivity (Wildman–Crippen MR) is 94.9 cm³/mol. The first-order valence-corrected chi connectivity index (χ1v) is 9.33. The molecule has 116 valence electrons. The molecule has 0 saturated heterocycles. The number of benzene rings is 1. The maximum atomic E-state index is 11.8. The van der Waals surface area contributed by atoms with Gasteiger partial charge in [-0.2, -0.15) is 0 Å². The molecule has 1 aromatic carbocycles. The summed E-state index contributed by atoms with van der Waals surface area (Å²) in [6.45, 7) is 2.24. The zero-order valence-corrected chi connectivity index (χ0v) is 14.3. The summed E-state index contributed by atoms with van der Waals surface area (Å²) in [6.07, 6.45) is 15.2. The van der Waals surface area contributed by atoms with Crippen LogP contribution in [0, 0.1) is 0 Å². The van der Waals surface area contributed by atoms with E-state index in [0.717, 1.165) is 12.0 Å². The Labute approximate surface area is 134 Å². The second-order valence-electron chi connectivity index (χ2n) is 5.44. The average Bonchev–Trinajstić information content (AvgIpc) is 2.52. The van der Waals surface area contributed by atoms with Crippen LogP contribution in [0.25, 0.3) is 6.08 Å². The Kier molecular flexibility index (Phi) is 9.98. The van der Waals surface area contributed by atoms with Crippen LogP contribution in [0.2, 0.25) is 0 Å². The van der Waals surface area contributed by atoms with Crippen LogP contribution in [0.1, 0.15) is 63.9 Å². The summed E-state index contributed by atoms with van der Waals surface area (Å²) >= 11 is 1.73. The molecule has 0 aliphatic heterocycles. The van der Waals surface area contributed by atoms with E-state index in [4.69, 9.17) is 0 Å². The second kappa shape index (κ2) is 11.6. The zero-order chi connectivity index (χ0) is 15.3. The van der Waals surface area contributed by atoms with Crippen LogP contribution >= 0.6 is 11.8 Å². The second-order valence-corrected chi connectivity index (χ2v) is 6.32. The summed E-state index contributed by atoms with van der Waals surface area (Å²) in [5, 5.41) is 0. The minimum absolute atomic E-state index is 0.248. The van der Waals surface area contributed by atoms with Gasteiger partial charge in [-0.25, -0.2) is 0 Å². The van der Waals surface area contributed by atoms with E-state index < -0.39 is 0 Å². The Morgan fingerprint density at radius 2 is 1.62 bits per heavy atom. The summed E-state index contributed by atoms with van der Waals surface area (Å²) < 4.78 is 0. The summed E-state index contributed by atoms with van der Waals surface area (Å²) in [5.41, 5.74) is 1.10. The van der Waals surface area contributed by atoms with E-state index in [2.05, 4.69) is 37.4 Å². The van der Waals surface area contributed by atoms with E-state index >= 15 is 0 Å². The number of hydrogen-bond donors (Lipinski definition) is 0. The largest absolute Gasteiger partial charge is 0.295 e. The number of ketones is 1. The minimum atomic E-state index is 0.248. The lowest BCUT2D eigenvalue weighted by molar-refractivity contribution is -0.114. The number of carbonyl (C=O) groups is 1. The number of carbonyl (C=O) groups excluding carboxylic acids is 1. The van der Waals surface area contributed by atoms with Gasteiger partial charge in [-0.05, 0) is 36.4 Å². The molecule has 1 aromatic rings. The molecule has 0 heterocycles. The smallest absolute Gasteiger partial charge is 0.155 e. The van der Waals surface area contributed by atoms with Gasteiger partial charge in [0.2, 0.25) is 0 Å². The molecule has 0 saturated carbocycles. The van der Waals surface area contributed by atoms with Crippen molar-refractivity contribution in [1.82, 2.24) is 0 Å². The fourth-order valence-electron chi connectivity index (χ4n) is 2.24. The monoisotopic (exact) mass is 304 g/mol. The van der Waals surface area contributed by atoms with Gasteiger partial charge in [0.05, 0.1) is 0 Å². The van der Waals surface area contributed by atoms with Crippen LogP contribution < -0.4 is 0 Å². The fourth-order valence-corrected chi connectivity index (χ4v) is 2.65. The SMILES string of the molecule is CCCCCCCCCC(=O)/C=C/c1ccc(SC)cc1. The summed E-state index contributed by atoms with van der Waals surface area (Å²) in [5.74, 6) is 0.248. The molecule has 21 heavy (non-hydrogen) atoms. The Balaban J connectivity index is 2.16. The number of hydrogen-bond acceptors (Lipinski definition) is 2. The van der Waals surface area contributed by atoms with Crippen LogP contribution in [-0.4, -0.2) is 12.0 Å². The Morgan fingerprint density at radius 3 is 2.24 bits per heavy atom. The van der Waals surface area contributed by atoms with Gasteiger partial charge in [0.1, 0.15) is 0 Å². The average molecular weight is 304 g/mol. The topological polar surface area (TPSA) is 17.1 Å². The van der Waals surface area contributed by atoms with Crippen molar-refractivity contribution < 1.29 is 4.79 Å². The van der Waals surface area contributed by atoms with Crippen molar-refractivity contribution in [3.63, 3.8) is 0 Å². The van der Waals surface area contributed by atoms with E-state index in [1.807, 2.05) is 6.08 Å². The van der Waals surface area contributed by atoms with E-state index in [-0.39, 0.29) is 5.78 Å². The molecular weight excluding hydrogens is 276 g/mol. The lowest BCUT2D eigenvalue weighted by Gasteiger charge is -2.00. The molecule has 0 unspecified atom stereocenters. The maximum absolute atomic E-state index is 11.8. The molecule has 1 nitrogen and oxygen atoms in total.